The second kappa shape index (κ2) is 8.17. The second-order valence-corrected chi connectivity index (χ2v) is 6.52. The lowest BCUT2D eigenvalue weighted by Crippen LogP contribution is -2.47. The SMILES string of the molecule is O=C(Nc1ccc(N2CCN(c3ccccn3)CC2)nn1)c1ccc(F)c(F)c1. The number of anilines is 3. The van der Waals surface area contributed by atoms with Gasteiger partial charge in [0.15, 0.2) is 23.3 Å². The van der Waals surface area contributed by atoms with E-state index in [1.165, 1.54) is 6.07 Å². The van der Waals surface area contributed by atoms with Crippen molar-refractivity contribution in [1.29, 1.82) is 0 Å². The van der Waals surface area contributed by atoms with Crippen LogP contribution in [-0.2, 0) is 0 Å². The highest BCUT2D eigenvalue weighted by molar-refractivity contribution is 6.03. The number of rotatable bonds is 4. The molecular formula is C20H18F2N6O. The lowest BCUT2D eigenvalue weighted by molar-refractivity contribution is 0.102. The molecule has 7 nitrogen and oxygen atoms in total. The van der Waals surface area contributed by atoms with Crippen LogP contribution in [0.25, 0.3) is 0 Å². The summed E-state index contributed by atoms with van der Waals surface area (Å²) in [4.78, 5) is 20.8. The van der Waals surface area contributed by atoms with Crippen LogP contribution in [0.5, 0.6) is 0 Å². The summed E-state index contributed by atoms with van der Waals surface area (Å²) in [6.45, 7) is 3.16. The average molecular weight is 396 g/mol. The Morgan fingerprint density at radius 2 is 1.62 bits per heavy atom. The zero-order valence-corrected chi connectivity index (χ0v) is 15.4. The van der Waals surface area contributed by atoms with Crippen LogP contribution in [0.3, 0.4) is 0 Å². The molecule has 0 radical (unpaired) electrons. The molecule has 1 saturated heterocycles. The molecule has 0 bridgehead atoms. The van der Waals surface area contributed by atoms with Crippen LogP contribution in [0, 0.1) is 11.6 Å². The summed E-state index contributed by atoms with van der Waals surface area (Å²) in [6, 6.07) is 12.2. The molecule has 0 aliphatic carbocycles. The predicted octanol–water partition coefficient (Wildman–Crippen LogP) is 2.73. The Morgan fingerprint density at radius 1 is 0.862 bits per heavy atom. The first-order valence-corrected chi connectivity index (χ1v) is 9.11. The van der Waals surface area contributed by atoms with Gasteiger partial charge in [-0.15, -0.1) is 10.2 Å². The van der Waals surface area contributed by atoms with Crippen molar-refractivity contribution in [3.05, 3.63) is 71.9 Å². The largest absolute Gasteiger partial charge is 0.353 e. The Hall–Kier alpha value is -3.62. The summed E-state index contributed by atoms with van der Waals surface area (Å²) < 4.78 is 26.3. The van der Waals surface area contributed by atoms with Gasteiger partial charge in [0.05, 0.1) is 0 Å². The van der Waals surface area contributed by atoms with Crippen LogP contribution >= 0.6 is 0 Å². The van der Waals surface area contributed by atoms with Crippen LogP contribution in [0.2, 0.25) is 0 Å². The molecule has 4 rings (SSSR count). The zero-order chi connectivity index (χ0) is 20.2. The quantitative estimate of drug-likeness (QED) is 0.731. The van der Waals surface area contributed by atoms with E-state index in [1.54, 1.807) is 18.3 Å². The molecule has 1 fully saturated rings. The summed E-state index contributed by atoms with van der Waals surface area (Å²) >= 11 is 0. The molecule has 3 heterocycles. The fraction of sp³-hybridized carbons (Fsp3) is 0.200. The van der Waals surface area contributed by atoms with E-state index in [-0.39, 0.29) is 11.4 Å². The maximum atomic E-state index is 13.3. The predicted molar refractivity (Wildman–Crippen MR) is 105 cm³/mol. The number of hydrogen-bond acceptors (Lipinski definition) is 6. The lowest BCUT2D eigenvalue weighted by Gasteiger charge is -2.35. The highest BCUT2D eigenvalue weighted by Crippen LogP contribution is 2.18. The Bertz CT molecular complexity index is 992. The third-order valence-corrected chi connectivity index (χ3v) is 4.65. The van der Waals surface area contributed by atoms with Crippen LogP contribution in [-0.4, -0.2) is 47.3 Å². The average Bonchev–Trinajstić information content (AvgIpc) is 2.77. The van der Waals surface area contributed by atoms with E-state index < -0.39 is 17.5 Å². The van der Waals surface area contributed by atoms with Crippen molar-refractivity contribution in [1.82, 2.24) is 15.2 Å². The normalized spacial score (nSPS) is 14.0. The summed E-state index contributed by atoms with van der Waals surface area (Å²) in [6.07, 6.45) is 1.78. The third-order valence-electron chi connectivity index (χ3n) is 4.65. The van der Waals surface area contributed by atoms with Crippen LogP contribution in [0.1, 0.15) is 10.4 Å². The van der Waals surface area contributed by atoms with E-state index in [0.717, 1.165) is 44.1 Å². The van der Waals surface area contributed by atoms with Gasteiger partial charge in [0.2, 0.25) is 0 Å². The molecule has 1 amide bonds. The van der Waals surface area contributed by atoms with Crippen molar-refractivity contribution in [3.63, 3.8) is 0 Å². The lowest BCUT2D eigenvalue weighted by atomic mass is 10.2. The first kappa shape index (κ1) is 18.7. The minimum Gasteiger partial charge on any atom is -0.353 e. The molecule has 1 N–H and O–H groups in total. The van der Waals surface area contributed by atoms with Crippen molar-refractivity contribution in [2.24, 2.45) is 0 Å². The van der Waals surface area contributed by atoms with E-state index in [0.29, 0.717) is 5.82 Å². The summed E-state index contributed by atoms with van der Waals surface area (Å²) in [5, 5.41) is 10.7. The van der Waals surface area contributed by atoms with Crippen LogP contribution in [0.15, 0.2) is 54.7 Å². The van der Waals surface area contributed by atoms with Crippen molar-refractivity contribution in [2.45, 2.75) is 0 Å². The van der Waals surface area contributed by atoms with Gasteiger partial charge in [0, 0.05) is 37.9 Å². The zero-order valence-electron chi connectivity index (χ0n) is 15.4. The first-order chi connectivity index (χ1) is 14.1. The molecule has 1 aliphatic heterocycles. The molecule has 29 heavy (non-hydrogen) atoms. The third kappa shape index (κ3) is 4.29. The molecule has 9 heteroatoms. The first-order valence-electron chi connectivity index (χ1n) is 9.11. The number of aromatic nitrogens is 3. The summed E-state index contributed by atoms with van der Waals surface area (Å²) in [5.41, 5.74) is 0.000389. The number of amides is 1. The monoisotopic (exact) mass is 396 g/mol. The molecule has 3 aromatic rings. The number of hydrogen-bond donors (Lipinski definition) is 1. The number of nitrogens with one attached hydrogen (secondary N) is 1. The fourth-order valence-electron chi connectivity index (χ4n) is 3.09. The molecule has 0 unspecified atom stereocenters. The highest BCUT2D eigenvalue weighted by Gasteiger charge is 2.19. The number of halogens is 2. The molecule has 0 atom stereocenters. The Kier molecular flexibility index (Phi) is 5.28. The molecule has 2 aromatic heterocycles. The van der Waals surface area contributed by atoms with E-state index in [9.17, 15) is 13.6 Å². The number of pyridine rings is 1. The molecule has 148 valence electrons. The number of piperazine rings is 1. The molecule has 0 saturated carbocycles. The topological polar surface area (TPSA) is 74.2 Å². The van der Waals surface area contributed by atoms with E-state index >= 15 is 0 Å². The van der Waals surface area contributed by atoms with Gasteiger partial charge >= 0.3 is 0 Å². The van der Waals surface area contributed by atoms with Gasteiger partial charge in [-0.2, -0.15) is 0 Å². The van der Waals surface area contributed by atoms with Gasteiger partial charge in [-0.1, -0.05) is 6.07 Å². The van der Waals surface area contributed by atoms with Gasteiger partial charge in [-0.3, -0.25) is 4.79 Å². The molecule has 1 aliphatic rings. The molecular weight excluding hydrogens is 378 g/mol. The summed E-state index contributed by atoms with van der Waals surface area (Å²) in [5.74, 6) is -0.784. The number of carbonyl (C=O) groups excluding carboxylic acids is 1. The van der Waals surface area contributed by atoms with E-state index in [1.807, 2.05) is 18.2 Å². The Morgan fingerprint density at radius 3 is 2.24 bits per heavy atom. The fourth-order valence-corrected chi connectivity index (χ4v) is 3.09. The van der Waals surface area contributed by atoms with Crippen LogP contribution < -0.4 is 15.1 Å². The molecule has 1 aromatic carbocycles. The smallest absolute Gasteiger partial charge is 0.256 e. The van der Waals surface area contributed by atoms with Crippen molar-refractivity contribution >= 4 is 23.4 Å². The maximum Gasteiger partial charge on any atom is 0.256 e. The van der Waals surface area contributed by atoms with Crippen molar-refractivity contribution in [2.75, 3.05) is 41.3 Å². The summed E-state index contributed by atoms with van der Waals surface area (Å²) in [7, 11) is 0. The Balaban J connectivity index is 1.36. The highest BCUT2D eigenvalue weighted by atomic mass is 19.2. The number of benzene rings is 1. The minimum atomic E-state index is -1.08. The second-order valence-electron chi connectivity index (χ2n) is 6.52. The van der Waals surface area contributed by atoms with E-state index in [4.69, 9.17) is 0 Å². The van der Waals surface area contributed by atoms with Gasteiger partial charge in [0.1, 0.15) is 5.82 Å². The number of carbonyl (C=O) groups is 1. The number of nitrogens with zero attached hydrogens (tertiary/aromatic N) is 5. The van der Waals surface area contributed by atoms with Gasteiger partial charge in [-0.25, -0.2) is 13.8 Å². The minimum absolute atomic E-state index is 0.000389. The van der Waals surface area contributed by atoms with Gasteiger partial charge < -0.3 is 15.1 Å². The van der Waals surface area contributed by atoms with Crippen LogP contribution in [0.4, 0.5) is 26.2 Å². The maximum absolute atomic E-state index is 13.3. The molecule has 0 spiro atoms. The Labute approximate surface area is 166 Å². The van der Waals surface area contributed by atoms with Gasteiger partial charge in [0.25, 0.3) is 5.91 Å². The van der Waals surface area contributed by atoms with Gasteiger partial charge in [-0.05, 0) is 42.5 Å². The van der Waals surface area contributed by atoms with E-state index in [2.05, 4.69) is 30.3 Å². The van der Waals surface area contributed by atoms with Crippen molar-refractivity contribution in [3.8, 4) is 0 Å². The van der Waals surface area contributed by atoms with Crippen molar-refractivity contribution < 1.29 is 13.6 Å². The standard InChI is InChI=1S/C20H18F2N6O/c21-15-5-4-14(13-16(15)22)20(29)24-17-6-7-19(26-25-17)28-11-9-27(10-12-28)18-3-1-2-8-23-18/h1-8,13H,9-12H2,(H,24,25,29).